The number of carbonyl (C=O) groups is 1. The Morgan fingerprint density at radius 2 is 1.38 bits per heavy atom. The highest BCUT2D eigenvalue weighted by molar-refractivity contribution is 5.97. The third-order valence-corrected chi connectivity index (χ3v) is 6.88. The molecule has 2 unspecified atom stereocenters. The molecule has 0 aliphatic carbocycles. The summed E-state index contributed by atoms with van der Waals surface area (Å²) in [7, 11) is 0. The topological polar surface area (TPSA) is 59.8 Å². The molecule has 1 aromatic heterocycles. The monoisotopic (exact) mass is 482 g/mol. The van der Waals surface area contributed by atoms with Gasteiger partial charge in [-0.15, -0.1) is 0 Å². The number of Topliss-reactive ketones (excluding diaryl/α,β-unsaturated/α-hetero) is 1. The number of hydrogen-bond donors (Lipinski definition) is 1. The lowest BCUT2D eigenvalue weighted by Crippen LogP contribution is -2.29. The van der Waals surface area contributed by atoms with E-state index in [0.717, 1.165) is 28.0 Å². The summed E-state index contributed by atoms with van der Waals surface area (Å²) in [5, 5.41) is 8.19. The Bertz CT molecular complexity index is 1530. The van der Waals surface area contributed by atoms with E-state index in [4.69, 9.17) is 0 Å². The molecule has 6 rings (SSSR count). The van der Waals surface area contributed by atoms with Gasteiger partial charge in [0.2, 0.25) is 5.95 Å². The van der Waals surface area contributed by atoms with E-state index in [1.54, 1.807) is 6.33 Å². The Balaban J connectivity index is 1.59. The van der Waals surface area contributed by atoms with Crippen LogP contribution < -0.4 is 5.32 Å². The zero-order valence-electron chi connectivity index (χ0n) is 20.2. The van der Waals surface area contributed by atoms with Gasteiger partial charge in [0, 0.05) is 17.9 Å². The van der Waals surface area contributed by atoms with Gasteiger partial charge in [-0.3, -0.25) is 4.79 Å². The largest absolute Gasteiger partial charge is 0.324 e. The first-order valence-corrected chi connectivity index (χ1v) is 12.4. The highest BCUT2D eigenvalue weighted by Gasteiger charge is 2.37. The number of allylic oxidation sites excluding steroid dienone is 1. The van der Waals surface area contributed by atoms with Crippen LogP contribution in [-0.4, -0.2) is 20.5 Å². The minimum absolute atomic E-state index is 0.102. The SMILES string of the molecule is O=C(CC(C1=C(c2ccccc2)Nc2ncnn2C1c1ccccc1)c1ccccc1)c1ccccc1. The van der Waals surface area contributed by atoms with Crippen molar-refractivity contribution in [3.63, 3.8) is 0 Å². The molecule has 37 heavy (non-hydrogen) atoms. The molecule has 0 saturated heterocycles. The first-order valence-electron chi connectivity index (χ1n) is 12.4. The number of rotatable bonds is 7. The summed E-state index contributed by atoms with van der Waals surface area (Å²) in [5.41, 5.74) is 5.98. The van der Waals surface area contributed by atoms with E-state index in [0.29, 0.717) is 17.9 Å². The predicted octanol–water partition coefficient (Wildman–Crippen LogP) is 6.76. The molecule has 0 bridgehead atoms. The number of benzene rings is 4. The molecule has 1 aliphatic heterocycles. The third kappa shape index (κ3) is 4.47. The third-order valence-electron chi connectivity index (χ3n) is 6.88. The van der Waals surface area contributed by atoms with Crippen molar-refractivity contribution in [2.45, 2.75) is 18.4 Å². The molecule has 5 nitrogen and oxygen atoms in total. The van der Waals surface area contributed by atoms with Crippen LogP contribution in [0.5, 0.6) is 0 Å². The minimum Gasteiger partial charge on any atom is -0.324 e. The molecule has 5 aromatic rings. The van der Waals surface area contributed by atoms with E-state index in [1.165, 1.54) is 0 Å². The van der Waals surface area contributed by atoms with Crippen molar-refractivity contribution in [2.75, 3.05) is 5.32 Å². The lowest BCUT2D eigenvalue weighted by atomic mass is 9.77. The summed E-state index contributed by atoms with van der Waals surface area (Å²) in [6, 6.07) is 40.2. The van der Waals surface area contributed by atoms with Crippen molar-refractivity contribution in [3.05, 3.63) is 155 Å². The van der Waals surface area contributed by atoms with Crippen molar-refractivity contribution in [2.24, 2.45) is 0 Å². The van der Waals surface area contributed by atoms with Crippen molar-refractivity contribution in [1.29, 1.82) is 0 Å². The number of nitrogens with one attached hydrogen (secondary N) is 1. The van der Waals surface area contributed by atoms with Gasteiger partial charge in [0.15, 0.2) is 5.78 Å². The summed E-state index contributed by atoms with van der Waals surface area (Å²) in [6.07, 6.45) is 1.91. The fourth-order valence-electron chi connectivity index (χ4n) is 5.17. The Morgan fingerprint density at radius 1 is 0.784 bits per heavy atom. The fourth-order valence-corrected chi connectivity index (χ4v) is 5.17. The molecule has 5 heteroatoms. The lowest BCUT2D eigenvalue weighted by molar-refractivity contribution is 0.0976. The molecule has 2 atom stereocenters. The molecule has 4 aromatic carbocycles. The normalized spacial score (nSPS) is 15.5. The first kappa shape index (κ1) is 22.7. The highest BCUT2D eigenvalue weighted by atomic mass is 16.1. The maximum absolute atomic E-state index is 13.7. The van der Waals surface area contributed by atoms with Crippen LogP contribution in [0.1, 0.15) is 45.4 Å². The molecule has 2 heterocycles. The van der Waals surface area contributed by atoms with E-state index in [2.05, 4.69) is 51.8 Å². The van der Waals surface area contributed by atoms with E-state index < -0.39 is 0 Å². The molecule has 180 valence electrons. The second-order valence-corrected chi connectivity index (χ2v) is 9.12. The van der Waals surface area contributed by atoms with Gasteiger partial charge in [-0.1, -0.05) is 121 Å². The van der Waals surface area contributed by atoms with Crippen LogP contribution in [0.3, 0.4) is 0 Å². The first-order chi connectivity index (χ1) is 18.3. The maximum Gasteiger partial charge on any atom is 0.226 e. The highest BCUT2D eigenvalue weighted by Crippen LogP contribution is 2.46. The average molecular weight is 483 g/mol. The number of fused-ring (bicyclic) bond motifs is 1. The Morgan fingerprint density at radius 3 is 2.05 bits per heavy atom. The van der Waals surface area contributed by atoms with Crippen molar-refractivity contribution in [1.82, 2.24) is 14.8 Å². The quantitative estimate of drug-likeness (QED) is 0.260. The molecule has 1 aliphatic rings. The van der Waals surface area contributed by atoms with Gasteiger partial charge < -0.3 is 5.32 Å². The van der Waals surface area contributed by atoms with Crippen molar-refractivity contribution < 1.29 is 4.79 Å². The van der Waals surface area contributed by atoms with Gasteiger partial charge in [-0.2, -0.15) is 10.1 Å². The minimum atomic E-state index is -0.232. The van der Waals surface area contributed by atoms with Crippen LogP contribution >= 0.6 is 0 Å². The number of nitrogens with zero attached hydrogens (tertiary/aromatic N) is 3. The zero-order chi connectivity index (χ0) is 25.0. The summed E-state index contributed by atoms with van der Waals surface area (Å²) in [6.45, 7) is 0. The van der Waals surface area contributed by atoms with Gasteiger partial charge in [-0.25, -0.2) is 4.68 Å². The number of anilines is 1. The summed E-state index contributed by atoms with van der Waals surface area (Å²) < 4.78 is 1.93. The average Bonchev–Trinajstić information content (AvgIpc) is 3.45. The summed E-state index contributed by atoms with van der Waals surface area (Å²) in [4.78, 5) is 18.2. The van der Waals surface area contributed by atoms with Crippen LogP contribution in [0.2, 0.25) is 0 Å². The predicted molar refractivity (Wildman–Crippen MR) is 146 cm³/mol. The molecule has 1 N–H and O–H groups in total. The smallest absolute Gasteiger partial charge is 0.226 e. The molecular formula is C32H26N4O. The van der Waals surface area contributed by atoms with Crippen LogP contribution in [0, 0.1) is 0 Å². The second-order valence-electron chi connectivity index (χ2n) is 9.12. The number of aromatic nitrogens is 3. The van der Waals surface area contributed by atoms with Gasteiger partial charge >= 0.3 is 0 Å². The maximum atomic E-state index is 13.7. The molecule has 0 spiro atoms. The van der Waals surface area contributed by atoms with Crippen LogP contribution in [0.4, 0.5) is 5.95 Å². The van der Waals surface area contributed by atoms with Crippen molar-refractivity contribution >= 4 is 17.4 Å². The standard InChI is InChI=1S/C32H26N4O/c37-28(24-15-7-2-8-16-24)21-27(23-13-5-1-6-14-23)29-30(25-17-9-3-10-18-25)35-32-33-22-34-36(32)31(29)26-19-11-4-12-20-26/h1-20,22,27,31H,21H2,(H,33,34,35). The van der Waals surface area contributed by atoms with Crippen LogP contribution in [0.15, 0.2) is 133 Å². The number of hydrogen-bond acceptors (Lipinski definition) is 4. The van der Waals surface area contributed by atoms with E-state index in [9.17, 15) is 4.79 Å². The summed E-state index contributed by atoms with van der Waals surface area (Å²) >= 11 is 0. The van der Waals surface area contributed by atoms with Gasteiger partial charge in [-0.05, 0) is 22.3 Å². The van der Waals surface area contributed by atoms with Gasteiger partial charge in [0.25, 0.3) is 0 Å². The van der Waals surface area contributed by atoms with Gasteiger partial charge in [0.05, 0.1) is 5.70 Å². The molecule has 0 saturated carbocycles. The molecule has 0 radical (unpaired) electrons. The second kappa shape index (κ2) is 10.1. The van der Waals surface area contributed by atoms with Crippen molar-refractivity contribution in [3.8, 4) is 0 Å². The fraction of sp³-hybridized carbons (Fsp3) is 0.0938. The molecule has 0 fully saturated rings. The zero-order valence-corrected chi connectivity index (χ0v) is 20.2. The van der Waals surface area contributed by atoms with E-state index in [1.807, 2.05) is 89.6 Å². The van der Waals surface area contributed by atoms with E-state index in [-0.39, 0.29) is 17.7 Å². The lowest BCUT2D eigenvalue weighted by Gasteiger charge is -2.35. The summed E-state index contributed by atoms with van der Waals surface area (Å²) in [5.74, 6) is 0.586. The number of ketones is 1. The van der Waals surface area contributed by atoms with Gasteiger partial charge in [0.1, 0.15) is 12.4 Å². The molecule has 0 amide bonds. The Hall–Kier alpha value is -4.77. The van der Waals surface area contributed by atoms with Crippen LogP contribution in [0.25, 0.3) is 5.70 Å². The Labute approximate surface area is 216 Å². The van der Waals surface area contributed by atoms with E-state index >= 15 is 0 Å². The Kier molecular flexibility index (Phi) is 6.17. The molecular weight excluding hydrogens is 456 g/mol. The van der Waals surface area contributed by atoms with Crippen LogP contribution in [-0.2, 0) is 0 Å². The number of carbonyl (C=O) groups excluding carboxylic acids is 1.